The van der Waals surface area contributed by atoms with Crippen molar-refractivity contribution in [2.24, 2.45) is 19.2 Å². The normalized spacial score (nSPS) is 11.5. The van der Waals surface area contributed by atoms with E-state index in [0.29, 0.717) is 23.0 Å². The molecule has 31 heavy (non-hydrogen) atoms. The summed E-state index contributed by atoms with van der Waals surface area (Å²) in [5.41, 5.74) is 5.51. The van der Waals surface area contributed by atoms with Crippen LogP contribution in [-0.4, -0.2) is 24.9 Å². The van der Waals surface area contributed by atoms with E-state index < -0.39 is 11.2 Å². The minimum Gasteiger partial charge on any atom is -0.298 e. The third-order valence-electron chi connectivity index (χ3n) is 5.08. The molecule has 0 aliphatic rings. The first-order chi connectivity index (χ1) is 14.9. The molecular weight excluding hydrogens is 416 g/mol. The number of hydrogen-bond acceptors (Lipinski definition) is 5. The molecule has 0 saturated carbocycles. The van der Waals surface area contributed by atoms with Crippen LogP contribution in [0.2, 0.25) is 5.02 Å². The molecule has 0 fully saturated rings. The molecule has 0 atom stereocenters. The van der Waals surface area contributed by atoms with Gasteiger partial charge in [-0.1, -0.05) is 59.6 Å². The molecule has 4 rings (SSSR count). The first kappa shape index (κ1) is 20.6. The fourth-order valence-electron chi connectivity index (χ4n) is 3.30. The van der Waals surface area contributed by atoms with Crippen LogP contribution in [0.25, 0.3) is 11.2 Å². The number of imidazole rings is 1. The molecule has 4 aromatic rings. The summed E-state index contributed by atoms with van der Waals surface area (Å²) in [7, 11) is 3.04. The summed E-state index contributed by atoms with van der Waals surface area (Å²) < 4.78 is 4.16. The van der Waals surface area contributed by atoms with E-state index in [1.807, 2.05) is 49.4 Å². The number of nitrogens with zero attached hydrogens (tertiary/aromatic N) is 5. The van der Waals surface area contributed by atoms with Gasteiger partial charge in [-0.25, -0.2) is 10.2 Å². The Bertz CT molecular complexity index is 1410. The number of fused-ring (bicyclic) bond motifs is 1. The average Bonchev–Trinajstić information content (AvgIpc) is 3.12. The fourth-order valence-corrected chi connectivity index (χ4v) is 3.49. The molecule has 158 valence electrons. The molecule has 2 aromatic carbocycles. The summed E-state index contributed by atoms with van der Waals surface area (Å²) in [6, 6.07) is 15.3. The topological polar surface area (TPSA) is 86.2 Å². The Kier molecular flexibility index (Phi) is 5.48. The highest BCUT2D eigenvalue weighted by Gasteiger charge is 2.19. The van der Waals surface area contributed by atoms with Crippen molar-refractivity contribution in [3.63, 3.8) is 0 Å². The van der Waals surface area contributed by atoms with Crippen LogP contribution < -0.4 is 16.7 Å². The number of aryl methyl sites for hydroxylation is 2. The lowest BCUT2D eigenvalue weighted by atomic mass is 10.1. The number of hydrogen-bond donors (Lipinski definition) is 1. The first-order valence-corrected chi connectivity index (χ1v) is 10.00. The third kappa shape index (κ3) is 3.89. The number of nitrogens with one attached hydrogen (secondary N) is 1. The summed E-state index contributed by atoms with van der Waals surface area (Å²) in [6.07, 6.45) is 1.58. The van der Waals surface area contributed by atoms with Gasteiger partial charge >= 0.3 is 5.69 Å². The second-order valence-electron chi connectivity index (χ2n) is 7.28. The van der Waals surface area contributed by atoms with E-state index in [1.165, 1.54) is 11.6 Å². The van der Waals surface area contributed by atoms with Crippen molar-refractivity contribution in [3.05, 3.63) is 91.1 Å². The van der Waals surface area contributed by atoms with Crippen LogP contribution in [0.15, 0.2) is 63.2 Å². The summed E-state index contributed by atoms with van der Waals surface area (Å²) >= 11 is 6.18. The smallest absolute Gasteiger partial charge is 0.298 e. The van der Waals surface area contributed by atoms with Crippen molar-refractivity contribution in [1.82, 2.24) is 18.7 Å². The average molecular weight is 437 g/mol. The molecule has 2 heterocycles. The SMILES string of the molecule is Cc1ccc(Cn2c(N/N=C\c3ccccc3Cl)nc3c2c(=O)n(C)c(=O)n3C)cc1. The standard InChI is InChI=1S/C22H21ClN6O2/c1-14-8-10-15(11-9-14)13-29-18-19(27(2)22(31)28(3)20(18)30)25-21(29)26-24-12-16-6-4-5-7-17(16)23/h4-12H,13H2,1-3H3,(H,25,26)/b24-12-. The van der Waals surface area contributed by atoms with Gasteiger partial charge in [0.1, 0.15) is 0 Å². The Morgan fingerprint density at radius 3 is 2.48 bits per heavy atom. The van der Waals surface area contributed by atoms with Crippen LogP contribution in [0.4, 0.5) is 5.95 Å². The highest BCUT2D eigenvalue weighted by Crippen LogP contribution is 2.19. The molecular formula is C22H21ClN6O2. The lowest BCUT2D eigenvalue weighted by Crippen LogP contribution is -2.37. The predicted molar refractivity (Wildman–Crippen MR) is 123 cm³/mol. The van der Waals surface area contributed by atoms with E-state index >= 15 is 0 Å². The Morgan fingerprint density at radius 2 is 1.77 bits per heavy atom. The zero-order valence-electron chi connectivity index (χ0n) is 17.3. The number of benzene rings is 2. The van der Waals surface area contributed by atoms with Gasteiger partial charge in [-0.3, -0.25) is 18.5 Å². The predicted octanol–water partition coefficient (Wildman–Crippen LogP) is 2.89. The number of hydrazone groups is 1. The maximum atomic E-state index is 12.9. The van der Waals surface area contributed by atoms with Crippen molar-refractivity contribution in [1.29, 1.82) is 0 Å². The first-order valence-electron chi connectivity index (χ1n) is 9.62. The van der Waals surface area contributed by atoms with Crippen LogP contribution in [0, 0.1) is 6.92 Å². The van der Waals surface area contributed by atoms with E-state index in [4.69, 9.17) is 11.6 Å². The monoisotopic (exact) mass is 436 g/mol. The molecule has 0 bridgehead atoms. The molecule has 8 nitrogen and oxygen atoms in total. The van der Waals surface area contributed by atoms with Gasteiger partial charge in [0.15, 0.2) is 11.2 Å². The summed E-state index contributed by atoms with van der Waals surface area (Å²) in [5, 5.41) is 4.82. The minimum absolute atomic E-state index is 0.288. The molecule has 0 aliphatic carbocycles. The van der Waals surface area contributed by atoms with Crippen molar-refractivity contribution in [2.45, 2.75) is 13.5 Å². The van der Waals surface area contributed by atoms with Crippen molar-refractivity contribution < 1.29 is 0 Å². The Hall–Kier alpha value is -3.65. The van der Waals surface area contributed by atoms with E-state index in [2.05, 4.69) is 15.5 Å². The van der Waals surface area contributed by atoms with Gasteiger partial charge in [0.2, 0.25) is 5.95 Å². The third-order valence-corrected chi connectivity index (χ3v) is 5.43. The fraction of sp³-hybridized carbons (Fsp3) is 0.182. The lowest BCUT2D eigenvalue weighted by molar-refractivity contribution is 0.702. The van der Waals surface area contributed by atoms with Crippen molar-refractivity contribution >= 4 is 34.9 Å². The zero-order chi connectivity index (χ0) is 22.1. The van der Waals surface area contributed by atoms with Gasteiger partial charge in [-0.2, -0.15) is 10.1 Å². The van der Waals surface area contributed by atoms with Crippen molar-refractivity contribution in [3.8, 4) is 0 Å². The van der Waals surface area contributed by atoms with Gasteiger partial charge in [0, 0.05) is 24.7 Å². The molecule has 0 spiro atoms. The number of rotatable bonds is 5. The molecule has 1 N–H and O–H groups in total. The summed E-state index contributed by atoms with van der Waals surface area (Å²) in [4.78, 5) is 29.8. The number of halogens is 1. The van der Waals surface area contributed by atoms with E-state index in [1.54, 1.807) is 23.9 Å². The molecule has 0 unspecified atom stereocenters. The van der Waals surface area contributed by atoms with Crippen LogP contribution in [0.1, 0.15) is 16.7 Å². The molecule has 0 saturated heterocycles. The molecule has 9 heteroatoms. The van der Waals surface area contributed by atoms with Gasteiger partial charge < -0.3 is 0 Å². The lowest BCUT2D eigenvalue weighted by Gasteiger charge is -2.09. The minimum atomic E-state index is -0.441. The largest absolute Gasteiger partial charge is 0.332 e. The van der Waals surface area contributed by atoms with Gasteiger partial charge in [-0.05, 0) is 18.6 Å². The Labute approximate surface area is 183 Å². The number of anilines is 1. The highest BCUT2D eigenvalue weighted by molar-refractivity contribution is 6.33. The zero-order valence-corrected chi connectivity index (χ0v) is 18.1. The van der Waals surface area contributed by atoms with Crippen LogP contribution in [-0.2, 0) is 20.6 Å². The quantitative estimate of drug-likeness (QED) is 0.385. The maximum absolute atomic E-state index is 12.9. The molecule has 0 amide bonds. The maximum Gasteiger partial charge on any atom is 0.332 e. The molecule has 0 radical (unpaired) electrons. The Morgan fingerprint density at radius 1 is 1.06 bits per heavy atom. The van der Waals surface area contributed by atoms with Gasteiger partial charge in [-0.15, -0.1) is 0 Å². The van der Waals surface area contributed by atoms with E-state index in [0.717, 1.165) is 21.3 Å². The summed E-state index contributed by atoms with van der Waals surface area (Å²) in [5.74, 6) is 0.345. The highest BCUT2D eigenvalue weighted by atomic mass is 35.5. The van der Waals surface area contributed by atoms with Crippen LogP contribution >= 0.6 is 11.6 Å². The van der Waals surface area contributed by atoms with Crippen LogP contribution in [0.5, 0.6) is 0 Å². The second-order valence-corrected chi connectivity index (χ2v) is 7.68. The van der Waals surface area contributed by atoms with Crippen molar-refractivity contribution in [2.75, 3.05) is 5.43 Å². The van der Waals surface area contributed by atoms with Crippen LogP contribution in [0.3, 0.4) is 0 Å². The second kappa shape index (κ2) is 8.23. The van der Waals surface area contributed by atoms with Gasteiger partial charge in [0.05, 0.1) is 12.8 Å². The van der Waals surface area contributed by atoms with E-state index in [9.17, 15) is 9.59 Å². The van der Waals surface area contributed by atoms with E-state index in [-0.39, 0.29) is 5.65 Å². The number of aromatic nitrogens is 4. The van der Waals surface area contributed by atoms with Gasteiger partial charge in [0.25, 0.3) is 5.56 Å². The Balaban J connectivity index is 1.83. The summed E-state index contributed by atoms with van der Waals surface area (Å²) in [6.45, 7) is 2.40. The molecule has 0 aliphatic heterocycles. The molecule has 2 aromatic heterocycles.